The number of hydrogen-bond donors (Lipinski definition) is 0. The van der Waals surface area contributed by atoms with Crippen LogP contribution in [-0.4, -0.2) is 31.3 Å². The zero-order valence-corrected chi connectivity index (χ0v) is 18.8. The van der Waals surface area contributed by atoms with Gasteiger partial charge in [0.1, 0.15) is 0 Å². The van der Waals surface area contributed by atoms with Crippen LogP contribution in [0.15, 0.2) is 47.9 Å². The molecule has 1 saturated carbocycles. The van der Waals surface area contributed by atoms with E-state index >= 15 is 0 Å². The summed E-state index contributed by atoms with van der Waals surface area (Å²) in [5.41, 5.74) is 4.53. The Labute approximate surface area is 187 Å². The van der Waals surface area contributed by atoms with Crippen LogP contribution < -0.4 is 0 Å². The van der Waals surface area contributed by atoms with Gasteiger partial charge in [-0.05, 0) is 67.3 Å². The van der Waals surface area contributed by atoms with Gasteiger partial charge in [0.25, 0.3) is 0 Å². The normalized spacial score (nSPS) is 20.5. The van der Waals surface area contributed by atoms with Crippen LogP contribution in [0.4, 0.5) is 0 Å². The standard InChI is InChI=1S/C25H28N4OS/c1-17-6-2-3-10-22(17)29-24(21-9-5-13-26-15-21)27-28-25(29)31-16-23(30)20-12-11-18-7-4-8-19(18)14-20/h5,9,11-15,17,22H,2-4,6-8,10,16H2,1H3/t17-,22-/m1/s1. The summed E-state index contributed by atoms with van der Waals surface area (Å²) in [6.07, 6.45) is 11.9. The second kappa shape index (κ2) is 8.95. The fourth-order valence-electron chi connectivity index (χ4n) is 5.01. The largest absolute Gasteiger partial charge is 0.299 e. The zero-order valence-electron chi connectivity index (χ0n) is 18.0. The van der Waals surface area contributed by atoms with Gasteiger partial charge in [-0.15, -0.1) is 10.2 Å². The highest BCUT2D eigenvalue weighted by atomic mass is 32.2. The molecular weight excluding hydrogens is 404 g/mol. The van der Waals surface area contributed by atoms with Crippen molar-refractivity contribution in [2.45, 2.75) is 63.1 Å². The highest BCUT2D eigenvalue weighted by Crippen LogP contribution is 2.39. The average molecular weight is 433 g/mol. The summed E-state index contributed by atoms with van der Waals surface area (Å²) < 4.78 is 2.28. The molecule has 2 atom stereocenters. The van der Waals surface area contributed by atoms with Crippen molar-refractivity contribution in [3.05, 3.63) is 59.4 Å². The van der Waals surface area contributed by atoms with Crippen LogP contribution in [0.5, 0.6) is 0 Å². The molecule has 5 nitrogen and oxygen atoms in total. The molecule has 6 heteroatoms. The fraction of sp³-hybridized carbons (Fsp3) is 0.440. The number of carbonyl (C=O) groups is 1. The molecule has 0 saturated heterocycles. The lowest BCUT2D eigenvalue weighted by Crippen LogP contribution is -2.22. The Bertz CT molecular complexity index is 1080. The molecular formula is C25H28N4OS. The summed E-state index contributed by atoms with van der Waals surface area (Å²) in [7, 11) is 0. The number of benzene rings is 1. The molecule has 0 aliphatic heterocycles. The minimum absolute atomic E-state index is 0.161. The number of thioether (sulfide) groups is 1. The first-order valence-electron chi connectivity index (χ1n) is 11.3. The molecule has 0 N–H and O–H groups in total. The molecule has 0 unspecified atom stereocenters. The minimum atomic E-state index is 0.161. The molecule has 0 spiro atoms. The number of fused-ring (bicyclic) bond motifs is 1. The Morgan fingerprint density at radius 2 is 1.97 bits per heavy atom. The van der Waals surface area contributed by atoms with Crippen molar-refractivity contribution in [2.75, 3.05) is 5.75 Å². The third-order valence-corrected chi connectivity index (χ3v) is 7.68. The van der Waals surface area contributed by atoms with Gasteiger partial charge in [-0.25, -0.2) is 0 Å². The van der Waals surface area contributed by atoms with Gasteiger partial charge < -0.3 is 0 Å². The first-order valence-corrected chi connectivity index (χ1v) is 12.3. The number of pyridine rings is 1. The highest BCUT2D eigenvalue weighted by molar-refractivity contribution is 7.99. The van der Waals surface area contributed by atoms with E-state index in [9.17, 15) is 4.79 Å². The summed E-state index contributed by atoms with van der Waals surface area (Å²) in [4.78, 5) is 17.2. The van der Waals surface area contributed by atoms with Crippen molar-refractivity contribution in [2.24, 2.45) is 5.92 Å². The van der Waals surface area contributed by atoms with Crippen LogP contribution in [0.2, 0.25) is 0 Å². The Hall–Kier alpha value is -2.47. The zero-order chi connectivity index (χ0) is 21.2. The summed E-state index contributed by atoms with van der Waals surface area (Å²) in [6.45, 7) is 2.32. The Morgan fingerprint density at radius 1 is 1.10 bits per heavy atom. The van der Waals surface area contributed by atoms with Gasteiger partial charge in [0.15, 0.2) is 16.8 Å². The highest BCUT2D eigenvalue weighted by Gasteiger charge is 2.29. The number of hydrogen-bond acceptors (Lipinski definition) is 5. The molecule has 0 amide bonds. The number of rotatable bonds is 6. The lowest BCUT2D eigenvalue weighted by atomic mass is 9.85. The fourth-order valence-corrected chi connectivity index (χ4v) is 5.89. The van der Waals surface area contributed by atoms with E-state index in [1.54, 1.807) is 6.20 Å². The third-order valence-electron chi connectivity index (χ3n) is 6.73. The van der Waals surface area contributed by atoms with E-state index in [2.05, 4.69) is 38.8 Å². The smallest absolute Gasteiger partial charge is 0.192 e. The Morgan fingerprint density at radius 3 is 2.81 bits per heavy atom. The van der Waals surface area contributed by atoms with E-state index in [0.717, 1.165) is 41.4 Å². The molecule has 2 aromatic heterocycles. The SMILES string of the molecule is C[C@@H]1CCCC[C@H]1n1c(SCC(=O)c2ccc3c(c2)CCC3)nnc1-c1cccnc1. The van der Waals surface area contributed by atoms with Crippen molar-refractivity contribution in [3.8, 4) is 11.4 Å². The molecule has 31 heavy (non-hydrogen) atoms. The van der Waals surface area contributed by atoms with E-state index in [1.807, 2.05) is 24.4 Å². The number of nitrogens with zero attached hydrogens (tertiary/aromatic N) is 4. The van der Waals surface area contributed by atoms with E-state index in [-0.39, 0.29) is 5.78 Å². The van der Waals surface area contributed by atoms with Crippen molar-refractivity contribution >= 4 is 17.5 Å². The first-order chi connectivity index (χ1) is 15.2. The predicted octanol–water partition coefficient (Wildman–Crippen LogP) is 5.56. The molecule has 2 aliphatic carbocycles. The molecule has 1 fully saturated rings. The van der Waals surface area contributed by atoms with E-state index in [0.29, 0.717) is 17.7 Å². The summed E-state index contributed by atoms with van der Waals surface area (Å²) in [6, 6.07) is 10.5. The third kappa shape index (κ3) is 4.18. The molecule has 1 aromatic carbocycles. The maximum atomic E-state index is 13.0. The maximum Gasteiger partial charge on any atom is 0.192 e. The second-order valence-electron chi connectivity index (χ2n) is 8.80. The number of carbonyl (C=O) groups excluding carboxylic acids is 1. The maximum absolute atomic E-state index is 13.0. The van der Waals surface area contributed by atoms with Gasteiger partial charge in [-0.2, -0.15) is 0 Å². The predicted molar refractivity (Wildman–Crippen MR) is 123 cm³/mol. The van der Waals surface area contributed by atoms with Crippen LogP contribution >= 0.6 is 11.8 Å². The molecule has 2 heterocycles. The quantitative estimate of drug-likeness (QED) is 0.377. The van der Waals surface area contributed by atoms with Crippen LogP contribution in [0.1, 0.15) is 66.6 Å². The monoisotopic (exact) mass is 432 g/mol. The molecule has 3 aromatic rings. The molecule has 0 bridgehead atoms. The van der Waals surface area contributed by atoms with Crippen LogP contribution in [0, 0.1) is 5.92 Å². The van der Waals surface area contributed by atoms with Crippen LogP contribution in [0.25, 0.3) is 11.4 Å². The molecule has 2 aliphatic rings. The average Bonchev–Trinajstić information content (AvgIpc) is 3.45. The van der Waals surface area contributed by atoms with Gasteiger partial charge >= 0.3 is 0 Å². The van der Waals surface area contributed by atoms with Crippen molar-refractivity contribution in [1.82, 2.24) is 19.7 Å². The first kappa shape index (κ1) is 20.4. The Kier molecular flexibility index (Phi) is 5.90. The van der Waals surface area contributed by atoms with Gasteiger partial charge in [0, 0.05) is 29.6 Å². The summed E-state index contributed by atoms with van der Waals surface area (Å²) in [5, 5.41) is 9.90. The van der Waals surface area contributed by atoms with Crippen molar-refractivity contribution < 1.29 is 4.79 Å². The van der Waals surface area contributed by atoms with Crippen LogP contribution in [-0.2, 0) is 12.8 Å². The van der Waals surface area contributed by atoms with Crippen molar-refractivity contribution in [3.63, 3.8) is 0 Å². The summed E-state index contributed by atoms with van der Waals surface area (Å²) in [5.74, 6) is 1.96. The summed E-state index contributed by atoms with van der Waals surface area (Å²) >= 11 is 1.51. The van der Waals surface area contributed by atoms with Gasteiger partial charge in [-0.3, -0.25) is 14.3 Å². The van der Waals surface area contributed by atoms with E-state index < -0.39 is 0 Å². The lowest BCUT2D eigenvalue weighted by Gasteiger charge is -2.31. The number of ketones is 1. The second-order valence-corrected chi connectivity index (χ2v) is 9.74. The minimum Gasteiger partial charge on any atom is -0.299 e. The van der Waals surface area contributed by atoms with E-state index in [4.69, 9.17) is 0 Å². The lowest BCUT2D eigenvalue weighted by molar-refractivity contribution is 0.102. The number of aryl methyl sites for hydroxylation is 2. The van der Waals surface area contributed by atoms with Crippen molar-refractivity contribution in [1.29, 1.82) is 0 Å². The molecule has 5 rings (SSSR count). The number of aromatic nitrogens is 4. The topological polar surface area (TPSA) is 60.7 Å². The Balaban J connectivity index is 1.41. The van der Waals surface area contributed by atoms with Gasteiger partial charge in [-0.1, -0.05) is 43.7 Å². The van der Waals surface area contributed by atoms with Gasteiger partial charge in [0.2, 0.25) is 0 Å². The molecule has 0 radical (unpaired) electrons. The van der Waals surface area contributed by atoms with Gasteiger partial charge in [0.05, 0.1) is 5.75 Å². The number of Topliss-reactive ketones (excluding diaryl/α,β-unsaturated/α-hetero) is 1. The molecule has 160 valence electrons. The van der Waals surface area contributed by atoms with Crippen LogP contribution in [0.3, 0.4) is 0 Å². The van der Waals surface area contributed by atoms with E-state index in [1.165, 1.54) is 48.6 Å².